The molecule has 0 atom stereocenters. The Labute approximate surface area is 118 Å². The van der Waals surface area contributed by atoms with Crippen molar-refractivity contribution in [2.45, 2.75) is 26.7 Å². The van der Waals surface area contributed by atoms with E-state index in [9.17, 15) is 4.79 Å². The van der Waals surface area contributed by atoms with Gasteiger partial charge in [0.15, 0.2) is 5.78 Å². The first-order chi connectivity index (χ1) is 8.17. The lowest BCUT2D eigenvalue weighted by molar-refractivity contribution is 0.0930. The molecule has 1 rings (SSSR count). The van der Waals surface area contributed by atoms with E-state index in [4.69, 9.17) is 0 Å². The lowest BCUT2D eigenvalue weighted by Crippen LogP contribution is -2.31. The van der Waals surface area contributed by atoms with Crippen LogP contribution in [-0.4, -0.2) is 30.3 Å². The highest BCUT2D eigenvalue weighted by Gasteiger charge is 2.10. The number of ketones is 1. The highest BCUT2D eigenvalue weighted by Crippen LogP contribution is 2.08. The number of carbonyl (C=O) groups is 1. The predicted molar refractivity (Wildman–Crippen MR) is 80.5 cm³/mol. The van der Waals surface area contributed by atoms with Gasteiger partial charge in [-0.05, 0) is 60.7 Å². The molecule has 1 aromatic rings. The second-order valence-corrected chi connectivity index (χ2v) is 5.45. The van der Waals surface area contributed by atoms with Crippen molar-refractivity contribution in [3.63, 3.8) is 0 Å². The van der Waals surface area contributed by atoms with Gasteiger partial charge in [-0.1, -0.05) is 26.0 Å². The topological polar surface area (TPSA) is 20.3 Å². The second-order valence-electron chi connectivity index (χ2n) is 4.21. The van der Waals surface area contributed by atoms with Crippen LogP contribution in [-0.2, 0) is 0 Å². The van der Waals surface area contributed by atoms with E-state index in [-0.39, 0.29) is 5.78 Å². The minimum absolute atomic E-state index is 0.225. The summed E-state index contributed by atoms with van der Waals surface area (Å²) in [7, 11) is 0. The van der Waals surface area contributed by atoms with Gasteiger partial charge in [0, 0.05) is 9.13 Å². The van der Waals surface area contributed by atoms with Crippen LogP contribution in [0.1, 0.15) is 37.0 Å². The molecule has 1 aromatic carbocycles. The zero-order valence-electron chi connectivity index (χ0n) is 10.6. The summed E-state index contributed by atoms with van der Waals surface area (Å²) in [5, 5.41) is 0. The minimum Gasteiger partial charge on any atom is -0.296 e. The van der Waals surface area contributed by atoms with Crippen molar-refractivity contribution in [2.75, 3.05) is 19.6 Å². The average Bonchev–Trinajstić information content (AvgIpc) is 2.30. The maximum Gasteiger partial charge on any atom is 0.176 e. The van der Waals surface area contributed by atoms with Crippen molar-refractivity contribution in [2.24, 2.45) is 0 Å². The molecule has 0 N–H and O–H groups in total. The van der Waals surface area contributed by atoms with Gasteiger partial charge in [0.25, 0.3) is 0 Å². The van der Waals surface area contributed by atoms with Gasteiger partial charge in [0.2, 0.25) is 0 Å². The summed E-state index contributed by atoms with van der Waals surface area (Å²) in [6.07, 6.45) is 2.19. The molecule has 0 bridgehead atoms. The summed E-state index contributed by atoms with van der Waals surface area (Å²) < 4.78 is 1.16. The van der Waals surface area contributed by atoms with Crippen LogP contribution in [0.4, 0.5) is 0 Å². The van der Waals surface area contributed by atoms with E-state index in [0.29, 0.717) is 6.54 Å². The van der Waals surface area contributed by atoms with Gasteiger partial charge in [0.05, 0.1) is 6.54 Å². The standard InChI is InChI=1S/C14H20INO/c1-3-9-16(10-4-2)11-14(17)12-5-7-13(15)8-6-12/h5-8H,3-4,9-11H2,1-2H3. The fourth-order valence-electron chi connectivity index (χ4n) is 1.83. The molecular weight excluding hydrogens is 325 g/mol. The molecule has 0 radical (unpaired) electrons. The van der Waals surface area contributed by atoms with Gasteiger partial charge in [-0.3, -0.25) is 9.69 Å². The molecule has 17 heavy (non-hydrogen) atoms. The third-order valence-electron chi connectivity index (χ3n) is 2.61. The number of benzene rings is 1. The maximum absolute atomic E-state index is 12.1. The third-order valence-corrected chi connectivity index (χ3v) is 3.33. The Morgan fingerprint density at radius 3 is 2.12 bits per heavy atom. The van der Waals surface area contributed by atoms with Crippen LogP contribution >= 0.6 is 22.6 Å². The molecule has 3 heteroatoms. The number of halogens is 1. The largest absolute Gasteiger partial charge is 0.296 e. The Bertz CT molecular complexity index is 342. The monoisotopic (exact) mass is 345 g/mol. The Morgan fingerprint density at radius 2 is 1.65 bits per heavy atom. The highest BCUT2D eigenvalue weighted by atomic mass is 127. The summed E-state index contributed by atoms with van der Waals surface area (Å²) in [6, 6.07) is 7.80. The fourth-order valence-corrected chi connectivity index (χ4v) is 2.19. The summed E-state index contributed by atoms with van der Waals surface area (Å²) in [5.74, 6) is 0.225. The van der Waals surface area contributed by atoms with Crippen molar-refractivity contribution < 1.29 is 4.79 Å². The van der Waals surface area contributed by atoms with Crippen LogP contribution in [0.3, 0.4) is 0 Å². The van der Waals surface area contributed by atoms with E-state index >= 15 is 0 Å². The number of nitrogens with zero attached hydrogens (tertiary/aromatic N) is 1. The average molecular weight is 345 g/mol. The molecule has 2 nitrogen and oxygen atoms in total. The number of hydrogen-bond acceptors (Lipinski definition) is 2. The van der Waals surface area contributed by atoms with Crippen LogP contribution in [0.25, 0.3) is 0 Å². The fraction of sp³-hybridized carbons (Fsp3) is 0.500. The summed E-state index contributed by atoms with van der Waals surface area (Å²) in [5.41, 5.74) is 0.822. The first kappa shape index (κ1) is 14.6. The molecule has 0 aliphatic carbocycles. The number of Topliss-reactive ketones (excluding diaryl/α,β-unsaturated/α-hetero) is 1. The van der Waals surface area contributed by atoms with E-state index < -0.39 is 0 Å². The molecule has 0 saturated heterocycles. The molecule has 94 valence electrons. The molecule has 0 aliphatic heterocycles. The van der Waals surface area contributed by atoms with Crippen molar-refractivity contribution in [1.29, 1.82) is 0 Å². The van der Waals surface area contributed by atoms with E-state index in [0.717, 1.165) is 35.1 Å². The molecule has 0 amide bonds. The smallest absolute Gasteiger partial charge is 0.176 e. The van der Waals surface area contributed by atoms with Gasteiger partial charge in [-0.25, -0.2) is 0 Å². The SMILES string of the molecule is CCCN(CCC)CC(=O)c1ccc(I)cc1. The van der Waals surface area contributed by atoms with Gasteiger partial charge in [-0.15, -0.1) is 0 Å². The first-order valence-electron chi connectivity index (χ1n) is 6.18. The number of carbonyl (C=O) groups excluding carboxylic acids is 1. The number of rotatable bonds is 7. The zero-order chi connectivity index (χ0) is 12.7. The minimum atomic E-state index is 0.225. The summed E-state index contributed by atoms with van der Waals surface area (Å²) in [6.45, 7) is 6.85. The van der Waals surface area contributed by atoms with Crippen molar-refractivity contribution in [3.05, 3.63) is 33.4 Å². The van der Waals surface area contributed by atoms with Crippen LogP contribution in [0.2, 0.25) is 0 Å². The van der Waals surface area contributed by atoms with E-state index in [1.807, 2.05) is 24.3 Å². The Morgan fingerprint density at radius 1 is 1.12 bits per heavy atom. The summed E-state index contributed by atoms with van der Waals surface area (Å²) in [4.78, 5) is 14.3. The second kappa shape index (κ2) is 7.82. The number of hydrogen-bond donors (Lipinski definition) is 0. The van der Waals surface area contributed by atoms with E-state index in [2.05, 4.69) is 41.3 Å². The Kier molecular flexibility index (Phi) is 6.73. The van der Waals surface area contributed by atoms with Gasteiger partial charge < -0.3 is 0 Å². The third kappa shape index (κ3) is 5.17. The molecule has 0 saturated carbocycles. The van der Waals surface area contributed by atoms with Crippen molar-refractivity contribution >= 4 is 28.4 Å². The van der Waals surface area contributed by atoms with E-state index in [1.54, 1.807) is 0 Å². The Hall–Kier alpha value is -0.420. The van der Waals surface area contributed by atoms with E-state index in [1.165, 1.54) is 0 Å². The highest BCUT2D eigenvalue weighted by molar-refractivity contribution is 14.1. The lowest BCUT2D eigenvalue weighted by Gasteiger charge is -2.19. The zero-order valence-corrected chi connectivity index (χ0v) is 12.7. The van der Waals surface area contributed by atoms with Crippen LogP contribution in [0, 0.1) is 3.57 Å². The molecule has 0 unspecified atom stereocenters. The lowest BCUT2D eigenvalue weighted by atomic mass is 10.1. The van der Waals surface area contributed by atoms with Crippen LogP contribution < -0.4 is 0 Å². The normalized spacial score (nSPS) is 10.8. The molecule has 0 heterocycles. The maximum atomic E-state index is 12.1. The first-order valence-corrected chi connectivity index (χ1v) is 7.26. The molecule has 0 fully saturated rings. The van der Waals surface area contributed by atoms with Crippen LogP contribution in [0.15, 0.2) is 24.3 Å². The molecule has 0 spiro atoms. The van der Waals surface area contributed by atoms with Crippen molar-refractivity contribution in [1.82, 2.24) is 4.90 Å². The predicted octanol–water partition coefficient (Wildman–Crippen LogP) is 3.60. The summed E-state index contributed by atoms with van der Waals surface area (Å²) >= 11 is 2.25. The Balaban J connectivity index is 2.60. The molecule has 0 aromatic heterocycles. The van der Waals surface area contributed by atoms with Crippen LogP contribution in [0.5, 0.6) is 0 Å². The van der Waals surface area contributed by atoms with Gasteiger partial charge in [0.1, 0.15) is 0 Å². The van der Waals surface area contributed by atoms with Gasteiger partial charge >= 0.3 is 0 Å². The van der Waals surface area contributed by atoms with Gasteiger partial charge in [-0.2, -0.15) is 0 Å². The molecular formula is C14H20INO. The quantitative estimate of drug-likeness (QED) is 0.556. The molecule has 0 aliphatic rings. The van der Waals surface area contributed by atoms with Crippen molar-refractivity contribution in [3.8, 4) is 0 Å².